The molecule has 0 saturated heterocycles. The highest BCUT2D eigenvalue weighted by Crippen LogP contribution is 2.36. The molecule has 0 aromatic heterocycles. The number of nitrogens with zero attached hydrogens (tertiary/aromatic N) is 1. The van der Waals surface area contributed by atoms with E-state index >= 15 is 0 Å². The number of ether oxygens (including phenoxy) is 2. The van der Waals surface area contributed by atoms with Gasteiger partial charge in [0.1, 0.15) is 0 Å². The third-order valence-electron chi connectivity index (χ3n) is 3.61. The summed E-state index contributed by atoms with van der Waals surface area (Å²) in [5.41, 5.74) is 1.17. The lowest BCUT2D eigenvalue weighted by atomic mass is 10.0. The maximum atomic E-state index is 5.37. The van der Waals surface area contributed by atoms with Crippen molar-refractivity contribution in [2.24, 2.45) is 5.92 Å². The van der Waals surface area contributed by atoms with E-state index in [-0.39, 0.29) is 0 Å². The predicted molar refractivity (Wildman–Crippen MR) is 91.3 cm³/mol. The first-order valence-electron chi connectivity index (χ1n) is 7.18. The number of hydrogen-bond donors (Lipinski definition) is 1. The predicted octanol–water partition coefficient (Wildman–Crippen LogP) is 3.14. The van der Waals surface area contributed by atoms with Crippen molar-refractivity contribution in [3.8, 4) is 11.5 Å². The van der Waals surface area contributed by atoms with Gasteiger partial charge in [-0.1, -0.05) is 13.8 Å². The Hall–Kier alpha value is -0.780. The highest BCUT2D eigenvalue weighted by atomic mass is 79.9. The van der Waals surface area contributed by atoms with Crippen molar-refractivity contribution in [2.75, 3.05) is 34.9 Å². The third-order valence-corrected chi connectivity index (χ3v) is 4.20. The van der Waals surface area contributed by atoms with Crippen molar-refractivity contribution < 1.29 is 9.47 Å². The molecule has 120 valence electrons. The van der Waals surface area contributed by atoms with Gasteiger partial charge in [0, 0.05) is 19.1 Å². The van der Waals surface area contributed by atoms with E-state index in [1.807, 2.05) is 6.07 Å². The van der Waals surface area contributed by atoms with Crippen molar-refractivity contribution >= 4 is 15.9 Å². The molecule has 0 heterocycles. The second kappa shape index (κ2) is 8.61. The van der Waals surface area contributed by atoms with Gasteiger partial charge in [-0.2, -0.15) is 0 Å². The van der Waals surface area contributed by atoms with Gasteiger partial charge in [-0.05, 0) is 53.6 Å². The van der Waals surface area contributed by atoms with Crippen LogP contribution in [0.1, 0.15) is 19.4 Å². The maximum absolute atomic E-state index is 5.37. The Morgan fingerprint density at radius 3 is 2.33 bits per heavy atom. The SMILES string of the molecule is COc1cc(CNCC(C(C)C)N(C)C)cc(Br)c1OC. The highest BCUT2D eigenvalue weighted by molar-refractivity contribution is 9.10. The number of nitrogens with one attached hydrogen (secondary N) is 1. The molecule has 0 aliphatic rings. The first-order valence-corrected chi connectivity index (χ1v) is 7.97. The average molecular weight is 359 g/mol. The standard InChI is InChI=1S/C16H27BrN2O2/c1-11(2)14(19(3)4)10-18-9-12-7-13(17)16(21-6)15(8-12)20-5/h7-8,11,14,18H,9-10H2,1-6H3. The first kappa shape index (κ1) is 18.3. The monoisotopic (exact) mass is 358 g/mol. The van der Waals surface area contributed by atoms with E-state index in [1.54, 1.807) is 14.2 Å². The van der Waals surface area contributed by atoms with Gasteiger partial charge < -0.3 is 19.7 Å². The Balaban J connectivity index is 2.70. The quantitative estimate of drug-likeness (QED) is 0.773. The Labute approximate surface area is 136 Å². The molecule has 0 saturated carbocycles. The fraction of sp³-hybridized carbons (Fsp3) is 0.625. The van der Waals surface area contributed by atoms with Crippen LogP contribution in [-0.4, -0.2) is 45.8 Å². The molecule has 21 heavy (non-hydrogen) atoms. The Morgan fingerprint density at radius 2 is 1.86 bits per heavy atom. The lowest BCUT2D eigenvalue weighted by Gasteiger charge is -2.28. The molecule has 0 radical (unpaired) electrons. The van der Waals surface area contributed by atoms with E-state index in [2.05, 4.69) is 60.2 Å². The Bertz CT molecular complexity index is 442. The molecule has 1 unspecified atom stereocenters. The van der Waals surface area contributed by atoms with Gasteiger partial charge in [-0.25, -0.2) is 0 Å². The fourth-order valence-corrected chi connectivity index (χ4v) is 3.10. The molecule has 0 bridgehead atoms. The van der Waals surface area contributed by atoms with Gasteiger partial charge in [-0.15, -0.1) is 0 Å². The summed E-state index contributed by atoms with van der Waals surface area (Å²) in [6.45, 7) is 6.26. The van der Waals surface area contributed by atoms with Gasteiger partial charge in [-0.3, -0.25) is 0 Å². The van der Waals surface area contributed by atoms with Gasteiger partial charge in [0.25, 0.3) is 0 Å². The van der Waals surface area contributed by atoms with Crippen LogP contribution in [0.5, 0.6) is 11.5 Å². The number of likely N-dealkylation sites (N-methyl/N-ethyl adjacent to an activating group) is 1. The first-order chi connectivity index (χ1) is 9.90. The summed E-state index contributed by atoms with van der Waals surface area (Å²) in [5.74, 6) is 2.09. The molecule has 0 fully saturated rings. The van der Waals surface area contributed by atoms with E-state index in [9.17, 15) is 0 Å². The molecule has 1 rings (SSSR count). The van der Waals surface area contributed by atoms with Crippen LogP contribution in [0, 0.1) is 5.92 Å². The van der Waals surface area contributed by atoms with Crippen LogP contribution in [0.4, 0.5) is 0 Å². The molecular formula is C16H27BrN2O2. The minimum absolute atomic E-state index is 0.522. The molecule has 0 aliphatic heterocycles. The molecule has 1 N–H and O–H groups in total. The second-order valence-electron chi connectivity index (χ2n) is 5.72. The van der Waals surface area contributed by atoms with Gasteiger partial charge in [0.15, 0.2) is 11.5 Å². The van der Waals surface area contributed by atoms with E-state index in [0.717, 1.165) is 29.1 Å². The Morgan fingerprint density at radius 1 is 1.19 bits per heavy atom. The molecule has 1 aromatic rings. The third kappa shape index (κ3) is 5.16. The van der Waals surface area contributed by atoms with E-state index in [4.69, 9.17) is 9.47 Å². The molecular weight excluding hydrogens is 332 g/mol. The van der Waals surface area contributed by atoms with Crippen LogP contribution in [0.25, 0.3) is 0 Å². The van der Waals surface area contributed by atoms with Crippen molar-refractivity contribution in [2.45, 2.75) is 26.4 Å². The smallest absolute Gasteiger partial charge is 0.174 e. The number of benzene rings is 1. The molecule has 0 amide bonds. The van der Waals surface area contributed by atoms with Crippen LogP contribution < -0.4 is 14.8 Å². The lowest BCUT2D eigenvalue weighted by Crippen LogP contribution is -2.41. The lowest BCUT2D eigenvalue weighted by molar-refractivity contribution is 0.224. The molecule has 1 atom stereocenters. The topological polar surface area (TPSA) is 33.7 Å². The molecule has 1 aromatic carbocycles. The van der Waals surface area contributed by atoms with Gasteiger partial charge in [0.05, 0.1) is 18.7 Å². The van der Waals surface area contributed by atoms with Crippen molar-refractivity contribution in [1.29, 1.82) is 0 Å². The zero-order valence-corrected chi connectivity index (χ0v) is 15.5. The molecule has 0 spiro atoms. The average Bonchev–Trinajstić information content (AvgIpc) is 2.41. The number of halogens is 1. The number of hydrogen-bond acceptors (Lipinski definition) is 4. The normalized spacial score (nSPS) is 12.8. The number of rotatable bonds is 8. The van der Waals surface area contributed by atoms with Gasteiger partial charge >= 0.3 is 0 Å². The molecule has 5 heteroatoms. The number of methoxy groups -OCH3 is 2. The Kier molecular flexibility index (Phi) is 7.49. The molecule has 0 aliphatic carbocycles. The minimum atomic E-state index is 0.522. The van der Waals surface area contributed by atoms with Crippen LogP contribution in [0.3, 0.4) is 0 Å². The van der Waals surface area contributed by atoms with Crippen molar-refractivity contribution in [3.05, 3.63) is 22.2 Å². The summed E-state index contributed by atoms with van der Waals surface area (Å²) < 4.78 is 11.6. The summed E-state index contributed by atoms with van der Waals surface area (Å²) in [6, 6.07) is 4.60. The van der Waals surface area contributed by atoms with Crippen molar-refractivity contribution in [1.82, 2.24) is 10.2 Å². The van der Waals surface area contributed by atoms with E-state index < -0.39 is 0 Å². The second-order valence-corrected chi connectivity index (χ2v) is 6.57. The van der Waals surface area contributed by atoms with E-state index in [1.165, 1.54) is 5.56 Å². The maximum Gasteiger partial charge on any atom is 0.174 e. The van der Waals surface area contributed by atoms with Crippen molar-refractivity contribution in [3.63, 3.8) is 0 Å². The van der Waals surface area contributed by atoms with E-state index in [0.29, 0.717) is 12.0 Å². The van der Waals surface area contributed by atoms with Crippen LogP contribution in [-0.2, 0) is 6.54 Å². The minimum Gasteiger partial charge on any atom is -0.493 e. The summed E-state index contributed by atoms with van der Waals surface area (Å²) in [4.78, 5) is 2.27. The summed E-state index contributed by atoms with van der Waals surface area (Å²) in [7, 11) is 7.55. The van der Waals surface area contributed by atoms with Gasteiger partial charge in [0.2, 0.25) is 0 Å². The highest BCUT2D eigenvalue weighted by Gasteiger charge is 2.15. The molecule has 4 nitrogen and oxygen atoms in total. The summed E-state index contributed by atoms with van der Waals surface area (Å²) >= 11 is 3.53. The van der Waals surface area contributed by atoms with Crippen LogP contribution >= 0.6 is 15.9 Å². The van der Waals surface area contributed by atoms with Crippen LogP contribution in [0.2, 0.25) is 0 Å². The van der Waals surface area contributed by atoms with Crippen LogP contribution in [0.15, 0.2) is 16.6 Å². The largest absolute Gasteiger partial charge is 0.493 e. The zero-order chi connectivity index (χ0) is 16.0. The summed E-state index contributed by atoms with van der Waals surface area (Å²) in [5, 5.41) is 3.52. The summed E-state index contributed by atoms with van der Waals surface area (Å²) in [6.07, 6.45) is 0. The zero-order valence-electron chi connectivity index (χ0n) is 13.9. The fourth-order valence-electron chi connectivity index (χ4n) is 2.45.